The van der Waals surface area contributed by atoms with Crippen molar-refractivity contribution in [3.63, 3.8) is 0 Å². The predicted octanol–water partition coefficient (Wildman–Crippen LogP) is 3.51. The highest BCUT2D eigenvalue weighted by atomic mass is 32.2. The number of aromatic amines is 1. The number of carbonyl (C=O) groups excluding carboxylic acids is 1. The van der Waals surface area contributed by atoms with Crippen LogP contribution in [-0.2, 0) is 14.8 Å². The van der Waals surface area contributed by atoms with Crippen molar-refractivity contribution in [1.82, 2.24) is 15.0 Å². The Balaban J connectivity index is 1.35. The minimum absolute atomic E-state index is 0.132. The van der Waals surface area contributed by atoms with Gasteiger partial charge in [-0.25, -0.2) is 13.1 Å². The molecule has 9 heteroatoms. The van der Waals surface area contributed by atoms with Crippen LogP contribution in [0.15, 0.2) is 82.6 Å². The van der Waals surface area contributed by atoms with E-state index >= 15 is 0 Å². The summed E-state index contributed by atoms with van der Waals surface area (Å²) < 4.78 is 28.7. The lowest BCUT2D eigenvalue weighted by atomic mass is 9.84. The average molecular weight is 524 g/mol. The first-order valence-electron chi connectivity index (χ1n) is 12.4. The van der Waals surface area contributed by atoms with Crippen molar-refractivity contribution in [3.8, 4) is 11.1 Å². The van der Waals surface area contributed by atoms with Crippen LogP contribution in [0.3, 0.4) is 0 Å². The topological polar surface area (TPSA) is 128 Å². The summed E-state index contributed by atoms with van der Waals surface area (Å²) in [5.74, 6) is -0.379. The van der Waals surface area contributed by atoms with Crippen molar-refractivity contribution in [2.75, 3.05) is 0 Å². The highest BCUT2D eigenvalue weighted by molar-refractivity contribution is 7.89. The highest BCUT2D eigenvalue weighted by Crippen LogP contribution is 2.30. The molecule has 0 radical (unpaired) electrons. The second-order valence-corrected chi connectivity index (χ2v) is 11.9. The van der Waals surface area contributed by atoms with Crippen molar-refractivity contribution in [3.05, 3.63) is 88.8 Å². The molecule has 1 atom stereocenters. The molecule has 0 aliphatic heterocycles. The third kappa shape index (κ3) is 6.74. The molecule has 0 saturated heterocycles. The zero-order valence-electron chi connectivity index (χ0n) is 21.0. The molecule has 1 saturated carbocycles. The molecular weight excluding hydrogens is 490 g/mol. The van der Waals surface area contributed by atoms with Gasteiger partial charge in [0.25, 0.3) is 0 Å². The second kappa shape index (κ2) is 11.0. The first kappa shape index (κ1) is 26.8. The van der Waals surface area contributed by atoms with Gasteiger partial charge in [0, 0.05) is 24.2 Å². The number of pyridine rings is 1. The van der Waals surface area contributed by atoms with Gasteiger partial charge in [-0.2, -0.15) is 0 Å². The number of benzene rings is 2. The van der Waals surface area contributed by atoms with Gasteiger partial charge in [0.15, 0.2) is 0 Å². The fourth-order valence-electron chi connectivity index (χ4n) is 4.79. The van der Waals surface area contributed by atoms with Gasteiger partial charge in [0.2, 0.25) is 21.5 Å². The summed E-state index contributed by atoms with van der Waals surface area (Å²) in [5, 5.41) is 13.6. The van der Waals surface area contributed by atoms with Crippen LogP contribution in [0.4, 0.5) is 0 Å². The third-order valence-electron chi connectivity index (χ3n) is 6.82. The Morgan fingerprint density at radius 1 is 0.973 bits per heavy atom. The molecule has 8 nitrogen and oxygen atoms in total. The van der Waals surface area contributed by atoms with Gasteiger partial charge in [-0.15, -0.1) is 0 Å². The minimum atomic E-state index is -3.73. The number of aromatic nitrogens is 1. The number of nitrogens with one attached hydrogen (secondary N) is 3. The van der Waals surface area contributed by atoms with E-state index in [1.807, 2.05) is 30.3 Å². The van der Waals surface area contributed by atoms with Crippen molar-refractivity contribution in [2.45, 2.75) is 62.1 Å². The van der Waals surface area contributed by atoms with Gasteiger partial charge >= 0.3 is 0 Å². The van der Waals surface area contributed by atoms with E-state index in [4.69, 9.17) is 0 Å². The SMILES string of the molecule is CC(C)(O)[C@@H](NC(=O)C1CCC(NS(=O)(=O)c2ccc(-c3cc[nH]c(=O)c3)cc2)CC1)c1ccccc1. The molecule has 3 aromatic rings. The van der Waals surface area contributed by atoms with E-state index in [0.717, 1.165) is 11.1 Å². The number of H-pyrrole nitrogens is 1. The molecule has 1 aromatic heterocycles. The smallest absolute Gasteiger partial charge is 0.248 e. The third-order valence-corrected chi connectivity index (χ3v) is 8.36. The van der Waals surface area contributed by atoms with E-state index in [9.17, 15) is 23.1 Å². The molecule has 4 rings (SSSR count). The maximum Gasteiger partial charge on any atom is 0.248 e. The van der Waals surface area contributed by atoms with Crippen molar-refractivity contribution >= 4 is 15.9 Å². The maximum atomic E-state index is 13.0. The quantitative estimate of drug-likeness (QED) is 0.359. The zero-order chi connectivity index (χ0) is 26.6. The van der Waals surface area contributed by atoms with Gasteiger partial charge in [0.05, 0.1) is 16.5 Å². The summed E-state index contributed by atoms with van der Waals surface area (Å²) in [7, 11) is -3.73. The van der Waals surface area contributed by atoms with Gasteiger partial charge < -0.3 is 15.4 Å². The van der Waals surface area contributed by atoms with Gasteiger partial charge in [0.1, 0.15) is 0 Å². The monoisotopic (exact) mass is 523 g/mol. The molecular formula is C28H33N3O5S. The number of hydrogen-bond donors (Lipinski definition) is 4. The lowest BCUT2D eigenvalue weighted by Crippen LogP contribution is -2.46. The standard InChI is InChI=1S/C28H33N3O5S/c1-28(2,34)26(20-6-4-3-5-7-20)30-27(33)21-8-12-23(13-9-21)31-37(35,36)24-14-10-19(11-15-24)22-16-17-29-25(32)18-22/h3-7,10-11,14-18,21,23,26,31,34H,8-9,12-13H2,1-2H3,(H,29,32)(H,30,33)/t21?,23?,26-/m0/s1. The molecule has 0 bridgehead atoms. The van der Waals surface area contributed by atoms with Crippen molar-refractivity contribution < 1.29 is 18.3 Å². The normalized spacial score (nSPS) is 19.2. The summed E-state index contributed by atoms with van der Waals surface area (Å²) in [6.45, 7) is 3.34. The van der Waals surface area contributed by atoms with E-state index in [0.29, 0.717) is 31.2 Å². The summed E-state index contributed by atoms with van der Waals surface area (Å²) in [6.07, 6.45) is 3.73. The molecule has 37 heavy (non-hydrogen) atoms. The summed E-state index contributed by atoms with van der Waals surface area (Å²) >= 11 is 0. The van der Waals surface area contributed by atoms with E-state index in [2.05, 4.69) is 15.0 Å². The number of rotatable bonds is 8. The fourth-order valence-corrected chi connectivity index (χ4v) is 6.09. The van der Waals surface area contributed by atoms with Crippen LogP contribution in [0.5, 0.6) is 0 Å². The number of aliphatic hydroxyl groups is 1. The van der Waals surface area contributed by atoms with Crippen LogP contribution in [-0.4, -0.2) is 36.1 Å². The molecule has 0 unspecified atom stereocenters. The first-order valence-corrected chi connectivity index (χ1v) is 13.9. The van der Waals surface area contributed by atoms with Crippen LogP contribution in [0.2, 0.25) is 0 Å². The van der Waals surface area contributed by atoms with E-state index in [-0.39, 0.29) is 28.3 Å². The molecule has 1 fully saturated rings. The lowest BCUT2D eigenvalue weighted by molar-refractivity contribution is -0.128. The van der Waals surface area contributed by atoms with E-state index < -0.39 is 21.7 Å². The largest absolute Gasteiger partial charge is 0.388 e. The number of amides is 1. The number of hydrogen-bond acceptors (Lipinski definition) is 5. The Bertz CT molecular complexity index is 1370. The molecule has 2 aromatic carbocycles. The van der Waals surface area contributed by atoms with Crippen LogP contribution < -0.4 is 15.6 Å². The Morgan fingerprint density at radius 3 is 2.22 bits per heavy atom. The molecule has 1 heterocycles. The van der Waals surface area contributed by atoms with Crippen LogP contribution in [0.1, 0.15) is 51.1 Å². The first-order chi connectivity index (χ1) is 17.5. The predicted molar refractivity (Wildman–Crippen MR) is 142 cm³/mol. The molecule has 1 amide bonds. The Kier molecular flexibility index (Phi) is 7.96. The highest BCUT2D eigenvalue weighted by Gasteiger charge is 2.34. The van der Waals surface area contributed by atoms with Gasteiger partial charge in [-0.3, -0.25) is 9.59 Å². The Labute approximate surface area is 217 Å². The summed E-state index contributed by atoms with van der Waals surface area (Å²) in [4.78, 5) is 27.3. The van der Waals surface area contributed by atoms with Crippen LogP contribution >= 0.6 is 0 Å². The second-order valence-electron chi connectivity index (χ2n) is 10.1. The van der Waals surface area contributed by atoms with E-state index in [1.54, 1.807) is 38.2 Å². The summed E-state index contributed by atoms with van der Waals surface area (Å²) in [6, 6.07) is 18.2. The Hall–Kier alpha value is -3.27. The van der Waals surface area contributed by atoms with Crippen molar-refractivity contribution in [2.24, 2.45) is 5.92 Å². The molecule has 1 aliphatic carbocycles. The Morgan fingerprint density at radius 2 is 1.62 bits per heavy atom. The molecule has 0 spiro atoms. The summed E-state index contributed by atoms with van der Waals surface area (Å²) in [5.41, 5.74) is 0.911. The van der Waals surface area contributed by atoms with E-state index in [1.165, 1.54) is 18.2 Å². The van der Waals surface area contributed by atoms with Crippen LogP contribution in [0, 0.1) is 5.92 Å². The molecule has 1 aliphatic rings. The van der Waals surface area contributed by atoms with Crippen LogP contribution in [0.25, 0.3) is 11.1 Å². The maximum absolute atomic E-state index is 13.0. The van der Waals surface area contributed by atoms with Crippen molar-refractivity contribution in [1.29, 1.82) is 0 Å². The van der Waals surface area contributed by atoms with Gasteiger partial charge in [-0.1, -0.05) is 42.5 Å². The lowest BCUT2D eigenvalue weighted by Gasteiger charge is -2.34. The average Bonchev–Trinajstić information content (AvgIpc) is 2.87. The molecule has 4 N–H and O–H groups in total. The zero-order valence-corrected chi connectivity index (χ0v) is 21.8. The molecule has 196 valence electrons. The fraction of sp³-hybridized carbons (Fsp3) is 0.357. The minimum Gasteiger partial charge on any atom is -0.388 e. The van der Waals surface area contributed by atoms with Gasteiger partial charge in [-0.05, 0) is 74.4 Å². The number of sulfonamides is 1. The number of carbonyl (C=O) groups is 1.